The first-order valence-electron chi connectivity index (χ1n) is 17.0. The van der Waals surface area contributed by atoms with Crippen LogP contribution >= 0.6 is 0 Å². The van der Waals surface area contributed by atoms with Gasteiger partial charge < -0.3 is 9.47 Å². The van der Waals surface area contributed by atoms with Crippen LogP contribution in [0.4, 0.5) is 4.79 Å². The van der Waals surface area contributed by atoms with Crippen molar-refractivity contribution in [1.82, 2.24) is 4.90 Å². The lowest BCUT2D eigenvalue weighted by Gasteiger charge is -2.27. The number of ether oxygens (including phenoxy) is 2. The van der Waals surface area contributed by atoms with Crippen molar-refractivity contribution in [1.29, 1.82) is 0 Å². The third kappa shape index (κ3) is 24.3. The van der Waals surface area contributed by atoms with Gasteiger partial charge in [0.15, 0.2) is 0 Å². The molecule has 0 unspecified atom stereocenters. The minimum Gasteiger partial charge on any atom is -0.464 e. The highest BCUT2D eigenvalue weighted by atomic mass is 16.6. The summed E-state index contributed by atoms with van der Waals surface area (Å²) in [5.74, 6) is -0.0198. The molecule has 1 atom stereocenters. The number of likely N-dealkylation sites (N-methyl/N-ethyl adjacent to an activating group) is 1. The van der Waals surface area contributed by atoms with Gasteiger partial charge in [0.2, 0.25) is 0 Å². The average molecular weight is 554 g/mol. The standard InChI is InChI=1S/C34H67NO4/c1-6-8-10-12-13-14-15-16-17-18-19-20-21-22-23-24-25-27-28-38-33(36)32(30-31(3)4)35(5)34(37)39-29-26-11-9-7-2/h31-32H,6-30H2,1-5H3/t32-/m0/s1. The molecule has 39 heavy (non-hydrogen) atoms. The van der Waals surface area contributed by atoms with E-state index in [2.05, 4.69) is 27.7 Å². The van der Waals surface area contributed by atoms with Crippen molar-refractivity contribution >= 4 is 12.1 Å². The monoisotopic (exact) mass is 554 g/mol. The molecular formula is C34H67NO4. The van der Waals surface area contributed by atoms with Crippen molar-refractivity contribution in [2.75, 3.05) is 20.3 Å². The summed E-state index contributed by atoms with van der Waals surface area (Å²) in [4.78, 5) is 26.6. The van der Waals surface area contributed by atoms with Crippen LogP contribution in [-0.2, 0) is 14.3 Å². The summed E-state index contributed by atoms with van der Waals surface area (Å²) < 4.78 is 11.0. The first kappa shape index (κ1) is 37.7. The van der Waals surface area contributed by atoms with Crippen LogP contribution in [0.25, 0.3) is 0 Å². The summed E-state index contributed by atoms with van der Waals surface area (Å²) >= 11 is 0. The molecule has 0 aliphatic heterocycles. The second-order valence-electron chi connectivity index (χ2n) is 12.1. The molecule has 0 fully saturated rings. The lowest BCUT2D eigenvalue weighted by molar-refractivity contribution is -0.149. The fourth-order valence-corrected chi connectivity index (χ4v) is 5.05. The van der Waals surface area contributed by atoms with E-state index in [0.29, 0.717) is 19.6 Å². The van der Waals surface area contributed by atoms with Gasteiger partial charge >= 0.3 is 12.1 Å². The molecule has 0 N–H and O–H groups in total. The van der Waals surface area contributed by atoms with Gasteiger partial charge in [0.25, 0.3) is 0 Å². The van der Waals surface area contributed by atoms with Gasteiger partial charge in [0, 0.05) is 7.05 Å². The number of rotatable bonds is 28. The summed E-state index contributed by atoms with van der Waals surface area (Å²) in [5, 5.41) is 0. The van der Waals surface area contributed by atoms with Crippen LogP contribution in [0.2, 0.25) is 0 Å². The highest BCUT2D eigenvalue weighted by Crippen LogP contribution is 2.16. The highest BCUT2D eigenvalue weighted by Gasteiger charge is 2.30. The molecule has 0 saturated carbocycles. The van der Waals surface area contributed by atoms with Crippen molar-refractivity contribution < 1.29 is 19.1 Å². The Kier molecular flexibility index (Phi) is 27.4. The Hall–Kier alpha value is -1.26. The third-order valence-corrected chi connectivity index (χ3v) is 7.69. The molecule has 0 saturated heterocycles. The molecule has 0 bridgehead atoms. The Balaban J connectivity index is 3.77. The second kappa shape index (κ2) is 28.3. The Morgan fingerprint density at radius 3 is 1.26 bits per heavy atom. The molecule has 5 heteroatoms. The van der Waals surface area contributed by atoms with E-state index in [0.717, 1.165) is 38.5 Å². The number of carbonyl (C=O) groups excluding carboxylic acids is 2. The predicted molar refractivity (Wildman–Crippen MR) is 166 cm³/mol. The van der Waals surface area contributed by atoms with Gasteiger partial charge in [-0.05, 0) is 25.2 Å². The normalized spacial score (nSPS) is 12.1. The van der Waals surface area contributed by atoms with Gasteiger partial charge in [-0.25, -0.2) is 9.59 Å². The number of carbonyl (C=O) groups is 2. The molecule has 0 aromatic carbocycles. The van der Waals surface area contributed by atoms with Gasteiger partial charge in [0.05, 0.1) is 13.2 Å². The minimum atomic E-state index is -0.580. The minimum absolute atomic E-state index is 0.285. The Bertz CT molecular complexity index is 551. The van der Waals surface area contributed by atoms with Crippen LogP contribution in [0.3, 0.4) is 0 Å². The van der Waals surface area contributed by atoms with E-state index < -0.39 is 12.1 Å². The van der Waals surface area contributed by atoms with E-state index >= 15 is 0 Å². The van der Waals surface area contributed by atoms with Crippen molar-refractivity contribution in [3.63, 3.8) is 0 Å². The molecule has 1 amide bonds. The van der Waals surface area contributed by atoms with E-state index in [1.54, 1.807) is 7.05 Å². The lowest BCUT2D eigenvalue weighted by atomic mass is 10.0. The fourth-order valence-electron chi connectivity index (χ4n) is 5.05. The molecule has 5 nitrogen and oxygen atoms in total. The van der Waals surface area contributed by atoms with Gasteiger partial charge in [-0.15, -0.1) is 0 Å². The largest absolute Gasteiger partial charge is 0.464 e. The van der Waals surface area contributed by atoms with Crippen molar-refractivity contribution in [3.8, 4) is 0 Å². The summed E-state index contributed by atoms with van der Waals surface area (Å²) in [6.07, 6.45) is 28.5. The summed E-state index contributed by atoms with van der Waals surface area (Å²) in [6, 6.07) is -0.580. The first-order chi connectivity index (χ1) is 18.9. The molecule has 0 aliphatic carbocycles. The molecule has 0 heterocycles. The van der Waals surface area contributed by atoms with Crippen LogP contribution in [0.1, 0.15) is 175 Å². The topological polar surface area (TPSA) is 55.8 Å². The molecule has 0 aromatic heterocycles. The van der Waals surface area contributed by atoms with Crippen LogP contribution < -0.4 is 0 Å². The molecule has 0 aromatic rings. The summed E-state index contributed by atoms with van der Waals surface area (Å²) in [6.45, 7) is 9.40. The van der Waals surface area contributed by atoms with Crippen molar-refractivity contribution in [2.45, 2.75) is 181 Å². The lowest BCUT2D eigenvalue weighted by Crippen LogP contribution is -2.44. The average Bonchev–Trinajstić information content (AvgIpc) is 2.92. The molecular weight excluding hydrogens is 486 g/mol. The number of unbranched alkanes of at least 4 members (excludes halogenated alkanes) is 20. The quantitative estimate of drug-likeness (QED) is 0.0714. The molecule has 0 aliphatic rings. The van der Waals surface area contributed by atoms with E-state index in [1.165, 1.54) is 108 Å². The van der Waals surface area contributed by atoms with Crippen molar-refractivity contribution in [2.24, 2.45) is 5.92 Å². The highest BCUT2D eigenvalue weighted by molar-refractivity contribution is 5.81. The SMILES string of the molecule is CCCCCCCCCCCCCCCCCCCCOC(=O)[C@H](CC(C)C)N(C)C(=O)OCCCCCC. The van der Waals surface area contributed by atoms with Crippen molar-refractivity contribution in [3.05, 3.63) is 0 Å². The number of hydrogen-bond acceptors (Lipinski definition) is 4. The number of nitrogens with zero attached hydrogens (tertiary/aromatic N) is 1. The first-order valence-corrected chi connectivity index (χ1v) is 17.0. The Morgan fingerprint density at radius 1 is 0.538 bits per heavy atom. The zero-order valence-electron chi connectivity index (χ0n) is 26.9. The van der Waals surface area contributed by atoms with Crippen LogP contribution in [-0.4, -0.2) is 43.3 Å². The number of esters is 1. The van der Waals surface area contributed by atoms with Gasteiger partial charge in [0.1, 0.15) is 6.04 Å². The second-order valence-corrected chi connectivity index (χ2v) is 12.1. The molecule has 232 valence electrons. The van der Waals surface area contributed by atoms with E-state index in [-0.39, 0.29) is 11.9 Å². The van der Waals surface area contributed by atoms with Gasteiger partial charge in [-0.3, -0.25) is 4.90 Å². The number of hydrogen-bond donors (Lipinski definition) is 0. The zero-order valence-corrected chi connectivity index (χ0v) is 26.9. The maximum atomic E-state index is 12.8. The Morgan fingerprint density at radius 2 is 0.872 bits per heavy atom. The van der Waals surface area contributed by atoms with Crippen LogP contribution in [0.5, 0.6) is 0 Å². The summed E-state index contributed by atoms with van der Waals surface area (Å²) in [7, 11) is 1.65. The predicted octanol–water partition coefficient (Wildman–Crippen LogP) is 10.6. The maximum Gasteiger partial charge on any atom is 0.410 e. The third-order valence-electron chi connectivity index (χ3n) is 7.69. The van der Waals surface area contributed by atoms with Crippen LogP contribution in [0, 0.1) is 5.92 Å². The fraction of sp³-hybridized carbons (Fsp3) is 0.941. The molecule has 0 rings (SSSR count). The zero-order chi connectivity index (χ0) is 29.0. The van der Waals surface area contributed by atoms with Gasteiger partial charge in [-0.1, -0.05) is 156 Å². The molecule has 0 radical (unpaired) electrons. The van der Waals surface area contributed by atoms with E-state index in [9.17, 15) is 9.59 Å². The van der Waals surface area contributed by atoms with Crippen LogP contribution in [0.15, 0.2) is 0 Å². The summed E-state index contributed by atoms with van der Waals surface area (Å²) in [5.41, 5.74) is 0. The van der Waals surface area contributed by atoms with E-state index in [4.69, 9.17) is 9.47 Å². The maximum absolute atomic E-state index is 12.8. The molecule has 0 spiro atoms. The number of amides is 1. The Labute approximate surface area is 243 Å². The smallest absolute Gasteiger partial charge is 0.410 e. The van der Waals surface area contributed by atoms with E-state index in [1.807, 2.05) is 0 Å². The van der Waals surface area contributed by atoms with Gasteiger partial charge in [-0.2, -0.15) is 0 Å².